The lowest BCUT2D eigenvalue weighted by Gasteiger charge is -2.28. The van der Waals surface area contributed by atoms with Gasteiger partial charge in [-0.05, 0) is 103 Å². The molecule has 1 aliphatic rings. The Bertz CT molecular complexity index is 1030. The van der Waals surface area contributed by atoms with Crippen molar-refractivity contribution >= 4 is 11.6 Å². The Labute approximate surface area is 216 Å². The van der Waals surface area contributed by atoms with Crippen molar-refractivity contribution in [3.63, 3.8) is 0 Å². The number of rotatable bonds is 11. The Hall–Kier alpha value is -2.12. The molecule has 35 heavy (non-hydrogen) atoms. The van der Waals surface area contributed by atoms with Crippen LogP contribution in [0.3, 0.4) is 0 Å². The van der Waals surface area contributed by atoms with Crippen LogP contribution >= 0.6 is 11.6 Å². The SMILES string of the molecule is CCCc1ccc(CCC2CCC(CCc3ccc(CCc4ccc(Cl)cc4)c(F)c3)CC2)cc1. The van der Waals surface area contributed by atoms with Crippen molar-refractivity contribution < 1.29 is 4.39 Å². The van der Waals surface area contributed by atoms with Crippen LogP contribution in [-0.4, -0.2) is 0 Å². The van der Waals surface area contributed by atoms with Crippen molar-refractivity contribution in [2.75, 3.05) is 0 Å². The molecule has 0 amide bonds. The van der Waals surface area contributed by atoms with Crippen LogP contribution in [0.1, 0.15) is 79.7 Å². The van der Waals surface area contributed by atoms with Gasteiger partial charge in [-0.15, -0.1) is 0 Å². The van der Waals surface area contributed by atoms with E-state index < -0.39 is 0 Å². The second-order valence-electron chi connectivity index (χ2n) is 10.6. The molecule has 3 aromatic rings. The summed E-state index contributed by atoms with van der Waals surface area (Å²) in [6.07, 6.45) is 14.1. The maximum absolute atomic E-state index is 14.7. The number of aryl methyl sites for hydroxylation is 5. The van der Waals surface area contributed by atoms with Gasteiger partial charge in [-0.2, -0.15) is 0 Å². The van der Waals surface area contributed by atoms with Crippen LogP contribution in [0, 0.1) is 17.7 Å². The van der Waals surface area contributed by atoms with Gasteiger partial charge in [0.05, 0.1) is 0 Å². The molecule has 0 bridgehead atoms. The van der Waals surface area contributed by atoms with Crippen molar-refractivity contribution in [2.45, 2.75) is 84.0 Å². The highest BCUT2D eigenvalue weighted by atomic mass is 35.5. The third-order valence-corrected chi connectivity index (χ3v) is 8.18. The Morgan fingerprint density at radius 3 is 1.69 bits per heavy atom. The second kappa shape index (κ2) is 13.3. The highest BCUT2D eigenvalue weighted by Crippen LogP contribution is 2.34. The fraction of sp³-hybridized carbons (Fsp3) is 0.455. The third kappa shape index (κ3) is 8.21. The van der Waals surface area contributed by atoms with Crippen LogP contribution in [0.15, 0.2) is 66.7 Å². The molecule has 0 nitrogen and oxygen atoms in total. The van der Waals surface area contributed by atoms with Gasteiger partial charge in [0, 0.05) is 5.02 Å². The summed E-state index contributed by atoms with van der Waals surface area (Å²) in [5.74, 6) is 1.62. The molecule has 0 unspecified atom stereocenters. The summed E-state index contributed by atoms with van der Waals surface area (Å²) in [6.45, 7) is 2.24. The lowest BCUT2D eigenvalue weighted by Crippen LogP contribution is -2.16. The first-order valence-electron chi connectivity index (χ1n) is 13.7. The van der Waals surface area contributed by atoms with Crippen LogP contribution in [-0.2, 0) is 32.1 Å². The molecule has 0 spiro atoms. The molecule has 3 aromatic carbocycles. The zero-order chi connectivity index (χ0) is 24.5. The highest BCUT2D eigenvalue weighted by Gasteiger charge is 2.21. The van der Waals surface area contributed by atoms with Gasteiger partial charge in [0.1, 0.15) is 5.82 Å². The first-order chi connectivity index (χ1) is 17.1. The summed E-state index contributed by atoms with van der Waals surface area (Å²) in [4.78, 5) is 0. The quantitative estimate of drug-likeness (QED) is 0.251. The van der Waals surface area contributed by atoms with Crippen molar-refractivity contribution in [1.82, 2.24) is 0 Å². The second-order valence-corrected chi connectivity index (χ2v) is 11.0. The van der Waals surface area contributed by atoms with Gasteiger partial charge in [0.25, 0.3) is 0 Å². The summed E-state index contributed by atoms with van der Waals surface area (Å²) in [5, 5.41) is 0.741. The highest BCUT2D eigenvalue weighted by molar-refractivity contribution is 6.30. The zero-order valence-electron chi connectivity index (χ0n) is 21.2. The van der Waals surface area contributed by atoms with Gasteiger partial charge >= 0.3 is 0 Å². The Balaban J connectivity index is 1.16. The molecular weight excluding hydrogens is 451 g/mol. The molecule has 186 valence electrons. The van der Waals surface area contributed by atoms with Crippen LogP contribution < -0.4 is 0 Å². The van der Waals surface area contributed by atoms with Crippen LogP contribution in [0.25, 0.3) is 0 Å². The van der Waals surface area contributed by atoms with Gasteiger partial charge in [-0.3, -0.25) is 0 Å². The minimum atomic E-state index is -0.0529. The molecule has 1 fully saturated rings. The normalized spacial score (nSPS) is 18.0. The summed E-state index contributed by atoms with van der Waals surface area (Å²) in [6, 6.07) is 23.0. The molecule has 0 heterocycles. The van der Waals surface area contributed by atoms with Gasteiger partial charge in [0.2, 0.25) is 0 Å². The molecule has 2 heteroatoms. The maximum atomic E-state index is 14.7. The van der Waals surface area contributed by atoms with Crippen LogP contribution in [0.2, 0.25) is 5.02 Å². The average Bonchev–Trinajstić information content (AvgIpc) is 2.88. The summed E-state index contributed by atoms with van der Waals surface area (Å²) < 4.78 is 14.7. The fourth-order valence-electron chi connectivity index (χ4n) is 5.59. The number of halogens is 2. The molecule has 1 saturated carbocycles. The Morgan fingerprint density at radius 1 is 0.629 bits per heavy atom. The van der Waals surface area contributed by atoms with E-state index in [0.717, 1.165) is 47.2 Å². The molecule has 0 aliphatic heterocycles. The number of hydrogen-bond donors (Lipinski definition) is 0. The van der Waals surface area contributed by atoms with Crippen molar-refractivity contribution in [3.05, 3.63) is 105 Å². The van der Waals surface area contributed by atoms with E-state index in [0.29, 0.717) is 0 Å². The molecule has 0 aromatic heterocycles. The lowest BCUT2D eigenvalue weighted by molar-refractivity contribution is 0.253. The monoisotopic (exact) mass is 490 g/mol. The average molecular weight is 491 g/mol. The lowest BCUT2D eigenvalue weighted by atomic mass is 9.77. The summed E-state index contributed by atoms with van der Waals surface area (Å²) in [5.41, 5.74) is 6.10. The van der Waals surface area contributed by atoms with E-state index in [1.165, 1.54) is 74.5 Å². The van der Waals surface area contributed by atoms with E-state index in [4.69, 9.17) is 11.6 Å². The zero-order valence-corrected chi connectivity index (χ0v) is 22.0. The summed E-state index contributed by atoms with van der Waals surface area (Å²) in [7, 11) is 0. The molecule has 0 N–H and O–H groups in total. The maximum Gasteiger partial charge on any atom is 0.126 e. The van der Waals surface area contributed by atoms with E-state index in [-0.39, 0.29) is 5.82 Å². The van der Waals surface area contributed by atoms with E-state index in [2.05, 4.69) is 37.3 Å². The van der Waals surface area contributed by atoms with E-state index in [9.17, 15) is 4.39 Å². The minimum Gasteiger partial charge on any atom is -0.207 e. The standard InChI is InChI=1S/C33H40ClF/c1-2-3-25-4-6-26(7-5-25)8-9-27-10-12-28(13-11-27)14-15-30-17-21-31(33(35)24-30)20-16-29-18-22-32(34)23-19-29/h4-7,17-19,21-24,27-28H,2-3,8-16,20H2,1H3. The van der Waals surface area contributed by atoms with Crippen molar-refractivity contribution in [2.24, 2.45) is 11.8 Å². The first kappa shape index (κ1) is 26.0. The smallest absolute Gasteiger partial charge is 0.126 e. The molecule has 0 radical (unpaired) electrons. The molecular formula is C33H40ClF. The first-order valence-corrected chi connectivity index (χ1v) is 14.1. The Morgan fingerprint density at radius 2 is 1.11 bits per heavy atom. The molecule has 1 aliphatic carbocycles. The summed E-state index contributed by atoms with van der Waals surface area (Å²) >= 11 is 5.95. The molecule has 0 saturated heterocycles. The fourth-order valence-corrected chi connectivity index (χ4v) is 5.72. The van der Waals surface area contributed by atoms with Gasteiger partial charge < -0.3 is 0 Å². The van der Waals surface area contributed by atoms with Crippen LogP contribution in [0.5, 0.6) is 0 Å². The van der Waals surface area contributed by atoms with Gasteiger partial charge in [-0.25, -0.2) is 4.39 Å². The number of benzene rings is 3. The van der Waals surface area contributed by atoms with E-state index >= 15 is 0 Å². The predicted molar refractivity (Wildman–Crippen MR) is 148 cm³/mol. The predicted octanol–water partition coefficient (Wildman–Crippen LogP) is 9.59. The minimum absolute atomic E-state index is 0.0529. The van der Waals surface area contributed by atoms with E-state index in [1.807, 2.05) is 30.3 Å². The van der Waals surface area contributed by atoms with Gasteiger partial charge in [-0.1, -0.05) is 99.2 Å². The number of hydrogen-bond acceptors (Lipinski definition) is 0. The largest absolute Gasteiger partial charge is 0.207 e. The topological polar surface area (TPSA) is 0 Å². The third-order valence-electron chi connectivity index (χ3n) is 7.92. The van der Waals surface area contributed by atoms with Crippen molar-refractivity contribution in [3.8, 4) is 0 Å². The molecule has 4 rings (SSSR count). The molecule has 0 atom stereocenters. The van der Waals surface area contributed by atoms with E-state index in [1.54, 1.807) is 6.07 Å². The van der Waals surface area contributed by atoms with Crippen molar-refractivity contribution in [1.29, 1.82) is 0 Å². The Kier molecular flexibility index (Phi) is 9.83. The van der Waals surface area contributed by atoms with Crippen LogP contribution in [0.4, 0.5) is 4.39 Å². The van der Waals surface area contributed by atoms with Gasteiger partial charge in [0.15, 0.2) is 0 Å².